The first-order valence-corrected chi connectivity index (χ1v) is 9.83. The van der Waals surface area contributed by atoms with Crippen LogP contribution in [-0.4, -0.2) is 19.1 Å². The number of nitriles is 1. The fourth-order valence-corrected chi connectivity index (χ4v) is 3.16. The van der Waals surface area contributed by atoms with Crippen LogP contribution in [0.2, 0.25) is 5.02 Å². The third kappa shape index (κ3) is 5.36. The Kier molecular flexibility index (Phi) is 7.32. The summed E-state index contributed by atoms with van der Waals surface area (Å²) in [6.07, 6.45) is 1.68. The molecule has 3 aromatic rings. The fourth-order valence-electron chi connectivity index (χ4n) is 2.98. The van der Waals surface area contributed by atoms with Gasteiger partial charge in [0.2, 0.25) is 0 Å². The summed E-state index contributed by atoms with van der Waals surface area (Å²) in [7, 11) is 3.07. The molecule has 8 heteroatoms. The van der Waals surface area contributed by atoms with Gasteiger partial charge >= 0.3 is 0 Å². The highest BCUT2D eigenvalue weighted by Crippen LogP contribution is 2.33. The smallest absolute Gasteiger partial charge is 0.269 e. The molecule has 162 valence electrons. The molecule has 3 aromatic carbocycles. The van der Waals surface area contributed by atoms with Gasteiger partial charge in [-0.2, -0.15) is 5.26 Å². The zero-order valence-electron chi connectivity index (χ0n) is 17.4. The second-order valence-corrected chi connectivity index (χ2v) is 7.07. The topological polar surface area (TPSA) is 94.6 Å². The summed E-state index contributed by atoms with van der Waals surface area (Å²) in [4.78, 5) is 10.4. The van der Waals surface area contributed by atoms with Gasteiger partial charge in [0.05, 0.1) is 30.8 Å². The van der Waals surface area contributed by atoms with Gasteiger partial charge in [0.15, 0.2) is 11.5 Å². The van der Waals surface area contributed by atoms with E-state index in [4.69, 9.17) is 25.8 Å². The molecular weight excluding hydrogens is 432 g/mol. The van der Waals surface area contributed by atoms with Gasteiger partial charge in [0.1, 0.15) is 12.4 Å². The van der Waals surface area contributed by atoms with Gasteiger partial charge in [-0.3, -0.25) is 10.1 Å². The number of hydrogen-bond donors (Lipinski definition) is 0. The van der Waals surface area contributed by atoms with Gasteiger partial charge in [-0.15, -0.1) is 0 Å². The molecular formula is C24H19ClN2O5. The second-order valence-electron chi connectivity index (χ2n) is 6.63. The van der Waals surface area contributed by atoms with Crippen LogP contribution < -0.4 is 14.2 Å². The molecule has 7 nitrogen and oxygen atoms in total. The first-order valence-electron chi connectivity index (χ1n) is 9.45. The monoisotopic (exact) mass is 450 g/mol. The Morgan fingerprint density at radius 1 is 1.03 bits per heavy atom. The van der Waals surface area contributed by atoms with Gasteiger partial charge in [-0.25, -0.2) is 0 Å². The lowest BCUT2D eigenvalue weighted by Gasteiger charge is -2.12. The molecule has 0 heterocycles. The summed E-state index contributed by atoms with van der Waals surface area (Å²) in [5.74, 6) is 1.58. The van der Waals surface area contributed by atoms with E-state index in [1.54, 1.807) is 61.7 Å². The lowest BCUT2D eigenvalue weighted by atomic mass is 10.0. The van der Waals surface area contributed by atoms with E-state index >= 15 is 0 Å². The minimum absolute atomic E-state index is 0.0115. The molecule has 32 heavy (non-hydrogen) atoms. The largest absolute Gasteiger partial charge is 0.493 e. The molecule has 3 rings (SSSR count). The number of nitro groups is 1. The Morgan fingerprint density at radius 3 is 2.34 bits per heavy atom. The van der Waals surface area contributed by atoms with Crippen molar-refractivity contribution < 1.29 is 19.1 Å². The molecule has 0 aliphatic rings. The number of nitro benzene ring substituents is 1. The first-order chi connectivity index (χ1) is 15.4. The molecule has 0 radical (unpaired) electrons. The summed E-state index contributed by atoms with van der Waals surface area (Å²) < 4.78 is 16.5. The fraction of sp³-hybridized carbons (Fsp3) is 0.125. The minimum atomic E-state index is -0.454. The first kappa shape index (κ1) is 22.7. The molecule has 0 saturated heterocycles. The molecule has 0 aliphatic heterocycles. The third-order valence-electron chi connectivity index (χ3n) is 4.63. The average Bonchev–Trinajstić information content (AvgIpc) is 2.81. The summed E-state index contributed by atoms with van der Waals surface area (Å²) in [5, 5.41) is 21.0. The molecule has 0 amide bonds. The van der Waals surface area contributed by atoms with Crippen molar-refractivity contribution in [3.63, 3.8) is 0 Å². The number of halogens is 1. The maximum atomic E-state index is 10.8. The van der Waals surface area contributed by atoms with E-state index in [0.29, 0.717) is 39.0 Å². The van der Waals surface area contributed by atoms with Crippen molar-refractivity contribution >= 4 is 28.9 Å². The molecule has 0 aromatic heterocycles. The summed E-state index contributed by atoms with van der Waals surface area (Å²) >= 11 is 6.17. The van der Waals surface area contributed by atoms with Crippen molar-refractivity contribution in [2.24, 2.45) is 0 Å². The van der Waals surface area contributed by atoms with E-state index in [9.17, 15) is 15.4 Å². The number of hydrogen-bond acceptors (Lipinski definition) is 6. The highest BCUT2D eigenvalue weighted by molar-refractivity contribution is 6.30. The number of ether oxygens (including phenoxy) is 3. The highest BCUT2D eigenvalue weighted by atomic mass is 35.5. The summed E-state index contributed by atoms with van der Waals surface area (Å²) in [6.45, 7) is 0.193. The van der Waals surface area contributed by atoms with E-state index in [1.807, 2.05) is 0 Å². The van der Waals surface area contributed by atoms with Crippen LogP contribution in [0, 0.1) is 21.4 Å². The van der Waals surface area contributed by atoms with Crippen LogP contribution in [0.25, 0.3) is 11.6 Å². The number of rotatable bonds is 8. The van der Waals surface area contributed by atoms with E-state index in [0.717, 1.165) is 5.56 Å². The average molecular weight is 451 g/mol. The molecule has 0 spiro atoms. The molecule has 0 bridgehead atoms. The lowest BCUT2D eigenvalue weighted by molar-refractivity contribution is -0.384. The standard InChI is InChI=1S/C24H19ClN2O5/c1-30-23-9-5-17(13-24(23)31-2)19(14-26)11-18-12-20(25)6-10-22(18)32-15-16-3-7-21(8-4-16)27(28)29/h3-13H,15H2,1-2H3/b19-11+. The Morgan fingerprint density at radius 2 is 1.72 bits per heavy atom. The highest BCUT2D eigenvalue weighted by Gasteiger charge is 2.11. The zero-order valence-corrected chi connectivity index (χ0v) is 18.1. The maximum absolute atomic E-state index is 10.8. The number of nitrogens with zero attached hydrogens (tertiary/aromatic N) is 2. The van der Waals surface area contributed by atoms with Crippen LogP contribution in [-0.2, 0) is 6.61 Å². The molecule has 0 aliphatic carbocycles. The number of methoxy groups -OCH3 is 2. The predicted octanol–water partition coefficient (Wildman–Crippen LogP) is 5.91. The van der Waals surface area contributed by atoms with Gasteiger partial charge in [-0.05, 0) is 65.7 Å². The van der Waals surface area contributed by atoms with Crippen LogP contribution in [0.1, 0.15) is 16.7 Å². The summed E-state index contributed by atoms with van der Waals surface area (Å²) in [6, 6.07) is 18.6. The van der Waals surface area contributed by atoms with Gasteiger partial charge < -0.3 is 14.2 Å². The van der Waals surface area contributed by atoms with Crippen molar-refractivity contribution in [1.29, 1.82) is 5.26 Å². The molecule has 0 N–H and O–H groups in total. The van der Waals surface area contributed by atoms with Gasteiger partial charge in [0.25, 0.3) is 5.69 Å². The number of non-ortho nitro benzene ring substituents is 1. The van der Waals surface area contributed by atoms with Crippen molar-refractivity contribution in [2.75, 3.05) is 14.2 Å². The Labute approximate surface area is 190 Å². The summed E-state index contributed by atoms with van der Waals surface area (Å²) in [5.41, 5.74) is 2.42. The van der Waals surface area contributed by atoms with E-state index in [2.05, 4.69) is 6.07 Å². The van der Waals surface area contributed by atoms with Crippen LogP contribution in [0.5, 0.6) is 17.2 Å². The molecule has 0 fully saturated rings. The number of benzene rings is 3. The van der Waals surface area contributed by atoms with Crippen LogP contribution >= 0.6 is 11.6 Å². The Bertz CT molecular complexity index is 1200. The zero-order chi connectivity index (χ0) is 23.1. The van der Waals surface area contributed by atoms with Crippen molar-refractivity contribution in [1.82, 2.24) is 0 Å². The van der Waals surface area contributed by atoms with E-state index < -0.39 is 4.92 Å². The van der Waals surface area contributed by atoms with Crippen LogP contribution in [0.4, 0.5) is 5.69 Å². The minimum Gasteiger partial charge on any atom is -0.493 e. The van der Waals surface area contributed by atoms with Crippen LogP contribution in [0.15, 0.2) is 60.7 Å². The Hall–Kier alpha value is -4.02. The normalized spacial score (nSPS) is 10.9. The lowest BCUT2D eigenvalue weighted by Crippen LogP contribution is -1.98. The number of allylic oxidation sites excluding steroid dienone is 1. The second kappa shape index (κ2) is 10.3. The van der Waals surface area contributed by atoms with E-state index in [-0.39, 0.29) is 12.3 Å². The van der Waals surface area contributed by atoms with E-state index in [1.165, 1.54) is 19.2 Å². The van der Waals surface area contributed by atoms with Crippen molar-refractivity contribution in [3.8, 4) is 23.3 Å². The third-order valence-corrected chi connectivity index (χ3v) is 4.86. The quantitative estimate of drug-likeness (QED) is 0.183. The van der Waals surface area contributed by atoms with Crippen molar-refractivity contribution in [3.05, 3.63) is 92.5 Å². The molecule has 0 saturated carbocycles. The molecule has 0 unspecified atom stereocenters. The SMILES string of the molecule is COc1ccc(/C(C#N)=C/c2cc(Cl)ccc2OCc2ccc([N+](=O)[O-])cc2)cc1OC. The van der Waals surface area contributed by atoms with Crippen LogP contribution in [0.3, 0.4) is 0 Å². The van der Waals surface area contributed by atoms with Crippen molar-refractivity contribution in [2.45, 2.75) is 6.61 Å². The molecule has 0 atom stereocenters. The maximum Gasteiger partial charge on any atom is 0.269 e. The Balaban J connectivity index is 1.90. The van der Waals surface area contributed by atoms with Gasteiger partial charge in [-0.1, -0.05) is 11.6 Å². The van der Waals surface area contributed by atoms with Gasteiger partial charge in [0, 0.05) is 22.7 Å². The predicted molar refractivity (Wildman–Crippen MR) is 122 cm³/mol.